The molecule has 0 aliphatic carbocycles. The van der Waals surface area contributed by atoms with Crippen LogP contribution in [0.5, 0.6) is 5.75 Å². The molecule has 1 heterocycles. The quantitative estimate of drug-likeness (QED) is 0.755. The van der Waals surface area contributed by atoms with Crippen molar-refractivity contribution >= 4 is 27.4 Å². The average Bonchev–Trinajstić information content (AvgIpc) is 2.99. The third-order valence-electron chi connectivity index (χ3n) is 4.17. The van der Waals surface area contributed by atoms with E-state index in [0.29, 0.717) is 12.8 Å². The van der Waals surface area contributed by atoms with Crippen LogP contribution in [-0.2, 0) is 4.79 Å². The van der Waals surface area contributed by atoms with Crippen LogP contribution in [0.15, 0.2) is 69.8 Å². The molecule has 3 rings (SSSR count). The van der Waals surface area contributed by atoms with Gasteiger partial charge in [0, 0.05) is 40.6 Å². The Bertz CT molecular complexity index is 822. The van der Waals surface area contributed by atoms with E-state index in [0.717, 1.165) is 27.0 Å². The predicted octanol–water partition coefficient (Wildman–Crippen LogP) is 4.99. The molecule has 24 heavy (non-hydrogen) atoms. The summed E-state index contributed by atoms with van der Waals surface area (Å²) in [6.45, 7) is 1.84. The molecule has 1 atom stereocenters. The van der Waals surface area contributed by atoms with Gasteiger partial charge >= 0.3 is 0 Å². The smallest absolute Gasteiger partial charge is 0.157 e. The fourth-order valence-corrected chi connectivity index (χ4v) is 3.12. The Kier molecular flexibility index (Phi) is 4.95. The van der Waals surface area contributed by atoms with E-state index in [2.05, 4.69) is 15.9 Å². The number of rotatable bonds is 4. The fourth-order valence-electron chi connectivity index (χ4n) is 2.85. The number of aromatic hydroxyl groups is 1. The maximum absolute atomic E-state index is 11.9. The van der Waals surface area contributed by atoms with Gasteiger partial charge in [0.05, 0.1) is 5.70 Å². The van der Waals surface area contributed by atoms with Crippen molar-refractivity contribution in [2.45, 2.75) is 25.7 Å². The molecule has 0 amide bonds. The zero-order valence-electron chi connectivity index (χ0n) is 13.4. The third-order valence-corrected chi connectivity index (χ3v) is 4.69. The lowest BCUT2D eigenvalue weighted by Gasteiger charge is -2.13. The Morgan fingerprint density at radius 1 is 1.25 bits per heavy atom. The molecule has 1 aliphatic heterocycles. The number of aliphatic imine (C=N–C) groups is 1. The van der Waals surface area contributed by atoms with Gasteiger partial charge in [0.25, 0.3) is 0 Å². The molecule has 2 aromatic rings. The first-order valence-corrected chi connectivity index (χ1v) is 8.73. The number of benzene rings is 2. The third kappa shape index (κ3) is 3.49. The number of ketones is 1. The molecule has 0 aromatic heterocycles. The van der Waals surface area contributed by atoms with Gasteiger partial charge in [-0.3, -0.25) is 9.79 Å². The first-order chi connectivity index (χ1) is 11.6. The summed E-state index contributed by atoms with van der Waals surface area (Å²) in [5.41, 5.74) is 3.50. The number of hydrogen-bond donors (Lipinski definition) is 1. The van der Waals surface area contributed by atoms with Crippen LogP contribution in [0, 0.1) is 0 Å². The normalized spacial score (nSPS) is 18.7. The van der Waals surface area contributed by atoms with Crippen LogP contribution >= 0.6 is 15.9 Å². The molecule has 0 saturated carbocycles. The fraction of sp³-hybridized carbons (Fsp3) is 0.200. The lowest BCUT2D eigenvalue weighted by atomic mass is 9.90. The van der Waals surface area contributed by atoms with Crippen molar-refractivity contribution < 1.29 is 9.90 Å². The second-order valence-corrected chi connectivity index (χ2v) is 6.69. The van der Waals surface area contributed by atoms with Gasteiger partial charge in [0.15, 0.2) is 5.78 Å². The van der Waals surface area contributed by atoms with Gasteiger partial charge in [-0.2, -0.15) is 0 Å². The highest BCUT2D eigenvalue weighted by Gasteiger charge is 2.28. The van der Waals surface area contributed by atoms with Gasteiger partial charge in [0.2, 0.25) is 0 Å². The molecule has 4 heteroatoms. The van der Waals surface area contributed by atoms with Gasteiger partial charge in [-0.25, -0.2) is 0 Å². The Morgan fingerprint density at radius 3 is 2.62 bits per heavy atom. The highest BCUT2D eigenvalue weighted by Crippen LogP contribution is 2.40. The molecule has 1 aliphatic rings. The molecule has 0 bridgehead atoms. The Hall–Kier alpha value is -2.20. The van der Waals surface area contributed by atoms with Crippen molar-refractivity contribution in [3.8, 4) is 5.75 Å². The molecule has 1 N–H and O–H groups in total. The number of halogens is 1. The lowest BCUT2D eigenvalue weighted by molar-refractivity contribution is -0.114. The van der Waals surface area contributed by atoms with E-state index >= 15 is 0 Å². The summed E-state index contributed by atoms with van der Waals surface area (Å²) >= 11 is 3.44. The summed E-state index contributed by atoms with van der Waals surface area (Å²) in [5, 5.41) is 10.2. The molecule has 0 saturated heterocycles. The SMILES string of the molecule is CCC(=O)/C=C1\N=C(c2ccc(Br)cc2)CC1c1ccccc1O. The molecule has 1 unspecified atom stereocenters. The highest BCUT2D eigenvalue weighted by molar-refractivity contribution is 9.10. The van der Waals surface area contributed by atoms with E-state index in [1.165, 1.54) is 0 Å². The number of nitrogens with zero attached hydrogens (tertiary/aromatic N) is 1. The van der Waals surface area contributed by atoms with E-state index in [4.69, 9.17) is 4.99 Å². The van der Waals surface area contributed by atoms with Gasteiger partial charge in [0.1, 0.15) is 5.75 Å². The van der Waals surface area contributed by atoms with E-state index < -0.39 is 0 Å². The van der Waals surface area contributed by atoms with Gasteiger partial charge in [-0.05, 0) is 23.8 Å². The lowest BCUT2D eigenvalue weighted by Crippen LogP contribution is -2.03. The van der Waals surface area contributed by atoms with Crippen molar-refractivity contribution in [1.82, 2.24) is 0 Å². The molecule has 0 spiro atoms. The largest absolute Gasteiger partial charge is 0.508 e. The summed E-state index contributed by atoms with van der Waals surface area (Å²) in [6.07, 6.45) is 2.73. The molecular weight excluding hydrogens is 366 g/mol. The highest BCUT2D eigenvalue weighted by atomic mass is 79.9. The first-order valence-electron chi connectivity index (χ1n) is 7.94. The Balaban J connectivity index is 2.01. The first kappa shape index (κ1) is 16.7. The van der Waals surface area contributed by atoms with Crippen LogP contribution in [0.4, 0.5) is 0 Å². The second-order valence-electron chi connectivity index (χ2n) is 5.77. The van der Waals surface area contributed by atoms with Crippen LogP contribution in [0.3, 0.4) is 0 Å². The Labute approximate surface area is 149 Å². The number of hydrogen-bond acceptors (Lipinski definition) is 3. The molecule has 122 valence electrons. The molecule has 3 nitrogen and oxygen atoms in total. The number of carbonyl (C=O) groups is 1. The summed E-state index contributed by atoms with van der Waals surface area (Å²) in [4.78, 5) is 16.6. The van der Waals surface area contributed by atoms with Crippen molar-refractivity contribution in [3.05, 3.63) is 75.9 Å². The van der Waals surface area contributed by atoms with Crippen LogP contribution in [-0.4, -0.2) is 16.6 Å². The van der Waals surface area contributed by atoms with E-state index in [-0.39, 0.29) is 17.5 Å². The summed E-state index contributed by atoms with van der Waals surface area (Å²) in [6, 6.07) is 15.2. The van der Waals surface area contributed by atoms with Crippen molar-refractivity contribution in [1.29, 1.82) is 0 Å². The van der Waals surface area contributed by atoms with E-state index in [9.17, 15) is 9.90 Å². The maximum atomic E-state index is 11.9. The minimum absolute atomic E-state index is 0.0474. The molecule has 0 fully saturated rings. The van der Waals surface area contributed by atoms with Crippen molar-refractivity contribution in [2.75, 3.05) is 0 Å². The summed E-state index contributed by atoms with van der Waals surface area (Å²) in [7, 11) is 0. The number of phenols is 1. The molecular formula is C20H18BrNO2. The zero-order valence-corrected chi connectivity index (χ0v) is 15.0. The van der Waals surface area contributed by atoms with Crippen LogP contribution < -0.4 is 0 Å². The van der Waals surface area contributed by atoms with Crippen molar-refractivity contribution in [3.63, 3.8) is 0 Å². The van der Waals surface area contributed by atoms with Gasteiger partial charge in [-0.15, -0.1) is 0 Å². The zero-order chi connectivity index (χ0) is 17.1. The van der Waals surface area contributed by atoms with Crippen molar-refractivity contribution in [2.24, 2.45) is 4.99 Å². The minimum atomic E-state index is -0.0969. The predicted molar refractivity (Wildman–Crippen MR) is 99.5 cm³/mol. The standard InChI is InChI=1S/C20H18BrNO2/c1-2-15(23)11-19-17(16-5-3-4-6-20(16)24)12-18(22-19)13-7-9-14(21)10-8-13/h3-11,17,24H,2,12H2,1H3/b19-11-. The average molecular weight is 384 g/mol. The molecule has 0 radical (unpaired) electrons. The summed E-state index contributed by atoms with van der Waals surface area (Å²) in [5.74, 6) is 0.191. The Morgan fingerprint density at radius 2 is 1.96 bits per heavy atom. The topological polar surface area (TPSA) is 49.7 Å². The number of carbonyl (C=O) groups excluding carboxylic acids is 1. The maximum Gasteiger partial charge on any atom is 0.157 e. The summed E-state index contributed by atoms with van der Waals surface area (Å²) < 4.78 is 1.01. The number of allylic oxidation sites excluding steroid dienone is 2. The number of para-hydroxylation sites is 1. The van der Waals surface area contributed by atoms with Crippen LogP contribution in [0.25, 0.3) is 0 Å². The van der Waals surface area contributed by atoms with Gasteiger partial charge < -0.3 is 5.11 Å². The second kappa shape index (κ2) is 7.14. The van der Waals surface area contributed by atoms with Gasteiger partial charge in [-0.1, -0.05) is 53.2 Å². The monoisotopic (exact) mass is 383 g/mol. The van der Waals surface area contributed by atoms with E-state index in [1.54, 1.807) is 18.2 Å². The van der Waals surface area contributed by atoms with Crippen LogP contribution in [0.1, 0.15) is 36.8 Å². The molecule has 2 aromatic carbocycles. The van der Waals surface area contributed by atoms with Crippen LogP contribution in [0.2, 0.25) is 0 Å². The number of phenolic OH excluding ortho intramolecular Hbond substituents is 1. The van der Waals surface area contributed by atoms with E-state index in [1.807, 2.05) is 43.3 Å². The minimum Gasteiger partial charge on any atom is -0.508 e.